The number of aromatic amines is 1. The van der Waals surface area contributed by atoms with Crippen molar-refractivity contribution in [2.24, 2.45) is 7.05 Å². The third-order valence-electron chi connectivity index (χ3n) is 2.39. The molecule has 0 amide bonds. The Bertz CT molecular complexity index is 685. The van der Waals surface area contributed by atoms with E-state index < -0.39 is 11.2 Å². The van der Waals surface area contributed by atoms with Gasteiger partial charge < -0.3 is 4.57 Å². The molecule has 0 bridgehead atoms. The van der Waals surface area contributed by atoms with Gasteiger partial charge in [0.15, 0.2) is 15.9 Å². The number of halogens is 2. The van der Waals surface area contributed by atoms with Crippen LogP contribution in [-0.4, -0.2) is 24.5 Å². The van der Waals surface area contributed by atoms with Crippen molar-refractivity contribution in [1.82, 2.24) is 19.1 Å². The molecule has 0 spiro atoms. The molecule has 2 heterocycles. The molecule has 0 aliphatic heterocycles. The Morgan fingerprint density at radius 3 is 2.76 bits per heavy atom. The molecule has 0 fully saturated rings. The van der Waals surface area contributed by atoms with E-state index in [2.05, 4.69) is 25.9 Å². The minimum Gasteiger partial charge on any atom is -0.311 e. The van der Waals surface area contributed by atoms with E-state index in [9.17, 15) is 9.59 Å². The smallest absolute Gasteiger partial charge is 0.311 e. The average molecular weight is 322 g/mol. The Morgan fingerprint density at radius 2 is 2.18 bits per heavy atom. The number of nitrogens with one attached hydrogen (secondary N) is 1. The van der Waals surface area contributed by atoms with E-state index in [1.54, 1.807) is 11.6 Å². The van der Waals surface area contributed by atoms with Crippen molar-refractivity contribution < 1.29 is 0 Å². The fourth-order valence-corrected chi connectivity index (χ4v) is 2.25. The summed E-state index contributed by atoms with van der Waals surface area (Å²) in [4.78, 5) is 29.6. The molecular formula is C9H10BrClN4O2. The first kappa shape index (κ1) is 12.4. The SMILES string of the molecule is C[C@@H](Cl)Cn1c(Br)nc2c1c(=O)[nH]c(=O)n2C. The van der Waals surface area contributed by atoms with E-state index in [4.69, 9.17) is 11.6 Å². The van der Waals surface area contributed by atoms with Gasteiger partial charge in [0.1, 0.15) is 0 Å². The van der Waals surface area contributed by atoms with Crippen molar-refractivity contribution in [3.05, 3.63) is 25.6 Å². The number of alkyl halides is 1. The molecule has 0 radical (unpaired) electrons. The Kier molecular flexibility index (Phi) is 3.13. The average Bonchev–Trinajstić information content (AvgIpc) is 2.53. The van der Waals surface area contributed by atoms with E-state index >= 15 is 0 Å². The van der Waals surface area contributed by atoms with Crippen molar-refractivity contribution in [2.45, 2.75) is 18.8 Å². The van der Waals surface area contributed by atoms with Gasteiger partial charge in [-0.1, -0.05) is 0 Å². The monoisotopic (exact) mass is 320 g/mol. The maximum atomic E-state index is 11.8. The minimum atomic E-state index is -0.487. The summed E-state index contributed by atoms with van der Waals surface area (Å²) in [6, 6.07) is 0. The van der Waals surface area contributed by atoms with Gasteiger partial charge in [0, 0.05) is 19.0 Å². The summed E-state index contributed by atoms with van der Waals surface area (Å²) in [6.45, 7) is 2.25. The van der Waals surface area contributed by atoms with Crippen molar-refractivity contribution >= 4 is 38.7 Å². The van der Waals surface area contributed by atoms with Crippen LogP contribution in [0.3, 0.4) is 0 Å². The van der Waals surface area contributed by atoms with E-state index in [1.807, 2.05) is 6.92 Å². The fraction of sp³-hybridized carbons (Fsp3) is 0.444. The number of rotatable bonds is 2. The van der Waals surface area contributed by atoms with Crippen LogP contribution in [-0.2, 0) is 13.6 Å². The predicted molar refractivity (Wildman–Crippen MR) is 68.6 cm³/mol. The summed E-state index contributed by atoms with van der Waals surface area (Å²) in [5.41, 5.74) is -0.272. The maximum absolute atomic E-state index is 11.8. The Labute approximate surface area is 109 Å². The molecule has 0 aliphatic rings. The standard InChI is InChI=1S/C9H10BrClN4O2/c1-4(11)3-15-5-6(12-8(15)10)14(2)9(17)13-7(5)16/h4H,3H2,1-2H3,(H,13,16,17)/t4-/m1/s1. The molecule has 0 unspecified atom stereocenters. The molecule has 2 aromatic heterocycles. The Morgan fingerprint density at radius 1 is 1.53 bits per heavy atom. The van der Waals surface area contributed by atoms with Crippen molar-refractivity contribution in [3.63, 3.8) is 0 Å². The van der Waals surface area contributed by atoms with Gasteiger partial charge >= 0.3 is 5.69 Å². The molecule has 8 heteroatoms. The number of imidazole rings is 1. The first-order valence-electron chi connectivity index (χ1n) is 4.91. The zero-order valence-electron chi connectivity index (χ0n) is 9.20. The molecule has 1 N–H and O–H groups in total. The van der Waals surface area contributed by atoms with Crippen LogP contribution in [0.25, 0.3) is 11.2 Å². The lowest BCUT2D eigenvalue weighted by Crippen LogP contribution is -2.29. The highest BCUT2D eigenvalue weighted by molar-refractivity contribution is 9.10. The molecule has 0 aliphatic carbocycles. The second kappa shape index (κ2) is 4.30. The van der Waals surface area contributed by atoms with Crippen LogP contribution in [0.5, 0.6) is 0 Å². The molecule has 1 atom stereocenters. The first-order valence-corrected chi connectivity index (χ1v) is 6.14. The molecule has 2 rings (SSSR count). The molecule has 92 valence electrons. The molecule has 0 aromatic carbocycles. The van der Waals surface area contributed by atoms with Gasteiger partial charge in [-0.15, -0.1) is 11.6 Å². The van der Waals surface area contributed by atoms with Crippen LogP contribution in [0.1, 0.15) is 6.92 Å². The second-order valence-corrected chi connectivity index (χ2v) is 5.22. The Balaban J connectivity index is 2.87. The molecule has 17 heavy (non-hydrogen) atoms. The van der Waals surface area contributed by atoms with Crippen LogP contribution in [0.15, 0.2) is 14.3 Å². The number of nitrogens with zero attached hydrogens (tertiary/aromatic N) is 3. The van der Waals surface area contributed by atoms with Crippen molar-refractivity contribution in [2.75, 3.05) is 0 Å². The Hall–Kier alpha value is -1.08. The van der Waals surface area contributed by atoms with Gasteiger partial charge in [0.2, 0.25) is 0 Å². The van der Waals surface area contributed by atoms with E-state index in [-0.39, 0.29) is 5.38 Å². The zero-order chi connectivity index (χ0) is 12.7. The van der Waals surface area contributed by atoms with Crippen LogP contribution in [0, 0.1) is 0 Å². The number of aromatic nitrogens is 4. The van der Waals surface area contributed by atoms with Crippen LogP contribution >= 0.6 is 27.5 Å². The first-order chi connectivity index (χ1) is 7.91. The predicted octanol–water partition coefficient (Wildman–Crippen LogP) is 0.813. The number of hydrogen-bond acceptors (Lipinski definition) is 3. The van der Waals surface area contributed by atoms with E-state index in [1.165, 1.54) is 4.57 Å². The fourth-order valence-electron chi connectivity index (χ4n) is 1.63. The summed E-state index contributed by atoms with van der Waals surface area (Å²) < 4.78 is 3.41. The molecule has 0 saturated carbocycles. The third kappa shape index (κ3) is 2.04. The van der Waals surface area contributed by atoms with Gasteiger partial charge in [-0.3, -0.25) is 14.3 Å². The van der Waals surface area contributed by atoms with Crippen molar-refractivity contribution in [1.29, 1.82) is 0 Å². The zero-order valence-corrected chi connectivity index (χ0v) is 11.5. The van der Waals surface area contributed by atoms with Gasteiger partial charge in [0.05, 0.1) is 0 Å². The van der Waals surface area contributed by atoms with Gasteiger partial charge in [0.25, 0.3) is 5.56 Å². The highest BCUT2D eigenvalue weighted by atomic mass is 79.9. The molecular weight excluding hydrogens is 311 g/mol. The molecule has 6 nitrogen and oxygen atoms in total. The summed E-state index contributed by atoms with van der Waals surface area (Å²) in [7, 11) is 1.55. The van der Waals surface area contributed by atoms with E-state index in [0.717, 1.165) is 0 Å². The third-order valence-corrected chi connectivity index (χ3v) is 3.14. The van der Waals surface area contributed by atoms with Crippen LogP contribution < -0.4 is 11.2 Å². The van der Waals surface area contributed by atoms with Gasteiger partial charge in [-0.25, -0.2) is 9.78 Å². The summed E-state index contributed by atoms with van der Waals surface area (Å²) in [6.07, 6.45) is 0. The summed E-state index contributed by atoms with van der Waals surface area (Å²) >= 11 is 9.17. The van der Waals surface area contributed by atoms with Crippen molar-refractivity contribution in [3.8, 4) is 0 Å². The van der Waals surface area contributed by atoms with E-state index in [0.29, 0.717) is 22.4 Å². The highest BCUT2D eigenvalue weighted by Gasteiger charge is 2.16. The quantitative estimate of drug-likeness (QED) is 0.657. The number of H-pyrrole nitrogens is 1. The normalized spacial score (nSPS) is 13.2. The van der Waals surface area contributed by atoms with Crippen LogP contribution in [0.2, 0.25) is 0 Å². The maximum Gasteiger partial charge on any atom is 0.329 e. The number of aryl methyl sites for hydroxylation is 1. The minimum absolute atomic E-state index is 0.152. The summed E-state index contributed by atoms with van der Waals surface area (Å²) in [5.74, 6) is 0. The lowest BCUT2D eigenvalue weighted by Gasteiger charge is -2.06. The number of hydrogen-bond donors (Lipinski definition) is 1. The van der Waals surface area contributed by atoms with Gasteiger partial charge in [-0.2, -0.15) is 0 Å². The molecule has 2 aromatic rings. The highest BCUT2D eigenvalue weighted by Crippen LogP contribution is 2.17. The lowest BCUT2D eigenvalue weighted by molar-refractivity contribution is 0.686. The van der Waals surface area contributed by atoms with Gasteiger partial charge in [-0.05, 0) is 22.9 Å². The largest absolute Gasteiger partial charge is 0.329 e. The summed E-state index contributed by atoms with van der Waals surface area (Å²) in [5, 5.41) is -0.152. The topological polar surface area (TPSA) is 72.7 Å². The lowest BCUT2D eigenvalue weighted by atomic mass is 10.4. The van der Waals surface area contributed by atoms with Crippen LogP contribution in [0.4, 0.5) is 0 Å². The second-order valence-electron chi connectivity index (χ2n) is 3.76. The molecule has 0 saturated heterocycles. The number of fused-ring (bicyclic) bond motifs is 1.